The molecule has 0 fully saturated rings. The van der Waals surface area contributed by atoms with Crippen molar-refractivity contribution in [3.05, 3.63) is 48.2 Å². The van der Waals surface area contributed by atoms with Gasteiger partial charge in [-0.25, -0.2) is 0 Å². The van der Waals surface area contributed by atoms with Crippen LogP contribution in [0.4, 0.5) is 0 Å². The van der Waals surface area contributed by atoms with Gasteiger partial charge in [-0.2, -0.15) is 0 Å². The highest BCUT2D eigenvalue weighted by Gasteiger charge is 2.05. The van der Waals surface area contributed by atoms with E-state index in [1.807, 2.05) is 30.3 Å². The van der Waals surface area contributed by atoms with E-state index in [0.29, 0.717) is 0 Å². The first-order valence-corrected chi connectivity index (χ1v) is 5.04. The normalized spacial score (nSPS) is 10.2. The lowest BCUT2D eigenvalue weighted by Gasteiger charge is -2.05. The van der Waals surface area contributed by atoms with E-state index in [9.17, 15) is 5.11 Å². The molecule has 0 bridgehead atoms. The summed E-state index contributed by atoms with van der Waals surface area (Å²) < 4.78 is 0. The predicted molar refractivity (Wildman–Crippen MR) is 60.7 cm³/mol. The number of aromatic nitrogens is 1. The highest BCUT2D eigenvalue weighted by atomic mass is 16.3. The zero-order valence-electron chi connectivity index (χ0n) is 8.64. The van der Waals surface area contributed by atoms with Gasteiger partial charge in [0, 0.05) is 11.8 Å². The highest BCUT2D eigenvalue weighted by molar-refractivity contribution is 5.67. The maximum absolute atomic E-state index is 9.74. The van der Waals surface area contributed by atoms with E-state index < -0.39 is 0 Å². The fourth-order valence-electron chi connectivity index (χ4n) is 1.53. The molecule has 1 heterocycles. The Bertz CT molecular complexity index is 451. The van der Waals surface area contributed by atoms with Crippen molar-refractivity contribution in [2.45, 2.75) is 13.3 Å². The second-order valence-electron chi connectivity index (χ2n) is 3.42. The number of phenols is 1. The summed E-state index contributed by atoms with van der Waals surface area (Å²) in [5, 5.41) is 9.74. The van der Waals surface area contributed by atoms with Gasteiger partial charge in [-0.05, 0) is 36.2 Å². The summed E-state index contributed by atoms with van der Waals surface area (Å²) in [6.45, 7) is 2.09. The Kier molecular flexibility index (Phi) is 2.68. The molecule has 15 heavy (non-hydrogen) atoms. The molecule has 0 spiro atoms. The van der Waals surface area contributed by atoms with Gasteiger partial charge < -0.3 is 5.11 Å². The minimum atomic E-state index is 0.283. The van der Waals surface area contributed by atoms with Gasteiger partial charge >= 0.3 is 0 Å². The highest BCUT2D eigenvalue weighted by Crippen LogP contribution is 2.28. The van der Waals surface area contributed by atoms with Crippen molar-refractivity contribution < 1.29 is 5.11 Å². The molecule has 1 aromatic heterocycles. The number of hydrogen-bond acceptors (Lipinski definition) is 2. The Hall–Kier alpha value is -1.83. The largest absolute Gasteiger partial charge is 0.507 e. The van der Waals surface area contributed by atoms with Crippen molar-refractivity contribution in [2.75, 3.05) is 0 Å². The second kappa shape index (κ2) is 4.13. The minimum Gasteiger partial charge on any atom is -0.507 e. The molecule has 2 heteroatoms. The van der Waals surface area contributed by atoms with E-state index >= 15 is 0 Å². The fourth-order valence-corrected chi connectivity index (χ4v) is 1.53. The third-order valence-electron chi connectivity index (χ3n) is 2.41. The molecule has 76 valence electrons. The van der Waals surface area contributed by atoms with Crippen LogP contribution in [-0.4, -0.2) is 10.1 Å². The number of nitrogens with zero attached hydrogens (tertiary/aromatic N) is 1. The molecule has 2 nitrogen and oxygen atoms in total. The maximum atomic E-state index is 9.74. The van der Waals surface area contributed by atoms with Crippen LogP contribution in [0.3, 0.4) is 0 Å². The van der Waals surface area contributed by atoms with Crippen LogP contribution in [0.2, 0.25) is 0 Å². The fraction of sp³-hybridized carbons (Fsp3) is 0.154. The Balaban J connectivity index is 2.52. The number of benzene rings is 1. The molecule has 0 unspecified atom stereocenters. The molecule has 0 radical (unpaired) electrons. The summed E-state index contributed by atoms with van der Waals surface area (Å²) in [5.41, 5.74) is 2.81. The van der Waals surface area contributed by atoms with Crippen LogP contribution in [0.25, 0.3) is 11.3 Å². The van der Waals surface area contributed by atoms with Crippen molar-refractivity contribution in [1.82, 2.24) is 4.98 Å². The number of hydrogen-bond donors (Lipinski definition) is 1. The molecular formula is C13H13NO. The van der Waals surface area contributed by atoms with Gasteiger partial charge in [0.05, 0.1) is 5.69 Å². The lowest BCUT2D eigenvalue weighted by Crippen LogP contribution is -1.86. The molecule has 0 aliphatic rings. The van der Waals surface area contributed by atoms with Crippen LogP contribution in [0, 0.1) is 0 Å². The standard InChI is InChI=1S/C13H13NO/c1-2-10-6-7-13(15)11(9-10)12-5-3-4-8-14-12/h3-9,15H,2H2,1H3. The lowest BCUT2D eigenvalue weighted by atomic mass is 10.0. The molecule has 0 aliphatic carbocycles. The van der Waals surface area contributed by atoms with Gasteiger partial charge in [-0.1, -0.05) is 19.1 Å². The molecule has 1 aromatic carbocycles. The van der Waals surface area contributed by atoms with Gasteiger partial charge in [-0.3, -0.25) is 4.98 Å². The molecule has 2 rings (SSSR count). The minimum absolute atomic E-state index is 0.283. The van der Waals surface area contributed by atoms with Crippen molar-refractivity contribution in [3.63, 3.8) is 0 Å². The van der Waals surface area contributed by atoms with Crippen LogP contribution < -0.4 is 0 Å². The van der Waals surface area contributed by atoms with E-state index in [-0.39, 0.29) is 5.75 Å². The lowest BCUT2D eigenvalue weighted by molar-refractivity contribution is 0.477. The number of phenolic OH excluding ortho intramolecular Hbond substituents is 1. The van der Waals surface area contributed by atoms with Crippen LogP contribution in [-0.2, 0) is 6.42 Å². The summed E-state index contributed by atoms with van der Waals surface area (Å²) in [7, 11) is 0. The molecule has 0 atom stereocenters. The average Bonchev–Trinajstić information content (AvgIpc) is 2.31. The van der Waals surface area contributed by atoms with E-state index in [1.165, 1.54) is 5.56 Å². The molecule has 0 aliphatic heterocycles. The number of aryl methyl sites for hydroxylation is 1. The SMILES string of the molecule is CCc1ccc(O)c(-c2ccccn2)c1. The first-order chi connectivity index (χ1) is 7.31. The number of pyridine rings is 1. The van der Waals surface area contributed by atoms with Crippen LogP contribution in [0.5, 0.6) is 5.75 Å². The molecule has 2 aromatic rings. The van der Waals surface area contributed by atoms with Crippen LogP contribution in [0.15, 0.2) is 42.6 Å². The summed E-state index contributed by atoms with van der Waals surface area (Å²) >= 11 is 0. The molecule has 0 amide bonds. The molecular weight excluding hydrogens is 186 g/mol. The topological polar surface area (TPSA) is 33.1 Å². The van der Waals surface area contributed by atoms with E-state index in [2.05, 4.69) is 11.9 Å². The van der Waals surface area contributed by atoms with E-state index in [0.717, 1.165) is 17.7 Å². The maximum Gasteiger partial charge on any atom is 0.124 e. The first-order valence-electron chi connectivity index (χ1n) is 5.04. The summed E-state index contributed by atoms with van der Waals surface area (Å²) in [4.78, 5) is 4.23. The molecule has 0 saturated carbocycles. The number of rotatable bonds is 2. The monoisotopic (exact) mass is 199 g/mol. The first kappa shape index (κ1) is 9.71. The third-order valence-corrected chi connectivity index (χ3v) is 2.41. The Labute approximate surface area is 89.2 Å². The zero-order chi connectivity index (χ0) is 10.7. The van der Waals surface area contributed by atoms with Gasteiger partial charge in [0.25, 0.3) is 0 Å². The second-order valence-corrected chi connectivity index (χ2v) is 3.42. The van der Waals surface area contributed by atoms with Gasteiger partial charge in [0.2, 0.25) is 0 Å². The summed E-state index contributed by atoms with van der Waals surface area (Å²) in [6.07, 6.45) is 2.69. The van der Waals surface area contributed by atoms with Crippen molar-refractivity contribution >= 4 is 0 Å². The third kappa shape index (κ3) is 1.99. The average molecular weight is 199 g/mol. The molecule has 1 N–H and O–H groups in total. The van der Waals surface area contributed by atoms with E-state index in [1.54, 1.807) is 12.3 Å². The van der Waals surface area contributed by atoms with Gasteiger partial charge in [0.15, 0.2) is 0 Å². The Morgan fingerprint density at radius 1 is 1.20 bits per heavy atom. The van der Waals surface area contributed by atoms with Crippen molar-refractivity contribution in [3.8, 4) is 17.0 Å². The van der Waals surface area contributed by atoms with Crippen LogP contribution in [0.1, 0.15) is 12.5 Å². The zero-order valence-corrected chi connectivity index (χ0v) is 8.64. The summed E-state index contributed by atoms with van der Waals surface area (Å²) in [5.74, 6) is 0.283. The Morgan fingerprint density at radius 2 is 2.07 bits per heavy atom. The van der Waals surface area contributed by atoms with Crippen LogP contribution >= 0.6 is 0 Å². The van der Waals surface area contributed by atoms with E-state index in [4.69, 9.17) is 0 Å². The quantitative estimate of drug-likeness (QED) is 0.806. The smallest absolute Gasteiger partial charge is 0.124 e. The van der Waals surface area contributed by atoms with Crippen molar-refractivity contribution in [1.29, 1.82) is 0 Å². The predicted octanol–water partition coefficient (Wildman–Crippen LogP) is 3.02. The van der Waals surface area contributed by atoms with Crippen molar-refractivity contribution in [2.24, 2.45) is 0 Å². The van der Waals surface area contributed by atoms with Gasteiger partial charge in [-0.15, -0.1) is 0 Å². The molecule has 0 saturated heterocycles. The number of aromatic hydroxyl groups is 1. The Morgan fingerprint density at radius 3 is 2.73 bits per heavy atom. The van der Waals surface area contributed by atoms with Gasteiger partial charge in [0.1, 0.15) is 5.75 Å². The summed E-state index contributed by atoms with van der Waals surface area (Å²) in [6, 6.07) is 11.3.